The third-order valence-electron chi connectivity index (χ3n) is 2.61. The van der Waals surface area contributed by atoms with E-state index in [9.17, 15) is 19.7 Å². The molecular weight excluding hydrogens is 288 g/mol. The zero-order valence-electron chi connectivity index (χ0n) is 11.2. The van der Waals surface area contributed by atoms with Crippen LogP contribution in [0.15, 0.2) is 23.1 Å². The van der Waals surface area contributed by atoms with Gasteiger partial charge in [0, 0.05) is 32.3 Å². The van der Waals surface area contributed by atoms with Crippen molar-refractivity contribution in [3.8, 4) is 0 Å². The second-order valence-electron chi connectivity index (χ2n) is 4.03. The van der Waals surface area contributed by atoms with Crippen LogP contribution in [0.5, 0.6) is 0 Å². The van der Waals surface area contributed by atoms with Crippen LogP contribution < -0.4 is 10.9 Å². The monoisotopic (exact) mass is 304 g/mol. The summed E-state index contributed by atoms with van der Waals surface area (Å²) in [6.07, 6.45) is 1.08. The summed E-state index contributed by atoms with van der Waals surface area (Å²) in [7, 11) is 3.38. The van der Waals surface area contributed by atoms with Crippen molar-refractivity contribution >= 4 is 24.0 Å². The van der Waals surface area contributed by atoms with Crippen LogP contribution >= 0.6 is 12.4 Å². The normalized spacial score (nSPS) is 9.70. The Morgan fingerprint density at radius 3 is 2.70 bits per heavy atom. The lowest BCUT2D eigenvalue weighted by atomic mass is 10.4. The van der Waals surface area contributed by atoms with Crippen molar-refractivity contribution in [1.29, 1.82) is 0 Å². The maximum atomic E-state index is 11.8. The SMILES string of the molecule is CNCCN(C)C(=O)Cn1cc([N+](=O)[O-])ccc1=O.Cl. The van der Waals surface area contributed by atoms with Crippen LogP contribution in [0.2, 0.25) is 0 Å². The third kappa shape index (κ3) is 4.98. The Labute approximate surface area is 121 Å². The van der Waals surface area contributed by atoms with Gasteiger partial charge >= 0.3 is 0 Å². The minimum atomic E-state index is -0.606. The Kier molecular flexibility index (Phi) is 7.48. The van der Waals surface area contributed by atoms with Gasteiger partial charge in [-0.3, -0.25) is 24.3 Å². The Bertz CT molecular complexity index is 531. The summed E-state index contributed by atoms with van der Waals surface area (Å²) in [4.78, 5) is 34.8. The van der Waals surface area contributed by atoms with Crippen LogP contribution in [-0.2, 0) is 11.3 Å². The van der Waals surface area contributed by atoms with Crippen LogP contribution in [0.4, 0.5) is 5.69 Å². The molecule has 0 atom stereocenters. The molecule has 8 nitrogen and oxygen atoms in total. The standard InChI is InChI=1S/C11H16N4O4.ClH/c1-12-5-6-13(2)11(17)8-14-7-9(15(18)19)3-4-10(14)16;/h3-4,7,12H,5-6,8H2,1-2H3;1H. The summed E-state index contributed by atoms with van der Waals surface area (Å²) in [5, 5.41) is 13.5. The van der Waals surface area contributed by atoms with Gasteiger partial charge in [-0.2, -0.15) is 0 Å². The molecule has 0 saturated carbocycles. The first-order valence-electron chi connectivity index (χ1n) is 5.69. The van der Waals surface area contributed by atoms with E-state index in [1.54, 1.807) is 14.1 Å². The predicted molar refractivity (Wildman–Crippen MR) is 76.2 cm³/mol. The van der Waals surface area contributed by atoms with Crippen LogP contribution in [0.3, 0.4) is 0 Å². The molecular formula is C11H17ClN4O4. The van der Waals surface area contributed by atoms with Gasteiger partial charge in [0.25, 0.3) is 11.2 Å². The number of hydrogen-bond acceptors (Lipinski definition) is 5. The number of nitrogens with one attached hydrogen (secondary N) is 1. The number of pyridine rings is 1. The number of nitro groups is 1. The van der Waals surface area contributed by atoms with Crippen molar-refractivity contribution in [3.05, 3.63) is 38.8 Å². The molecule has 20 heavy (non-hydrogen) atoms. The minimum Gasteiger partial charge on any atom is -0.343 e. The summed E-state index contributed by atoms with van der Waals surface area (Å²) in [5.41, 5.74) is -0.661. The molecule has 0 unspecified atom stereocenters. The van der Waals surface area contributed by atoms with Crippen molar-refractivity contribution in [2.75, 3.05) is 27.2 Å². The average Bonchev–Trinajstić information content (AvgIpc) is 2.38. The number of nitrogens with zero attached hydrogens (tertiary/aromatic N) is 3. The molecule has 1 heterocycles. The highest BCUT2D eigenvalue weighted by molar-refractivity contribution is 5.85. The molecule has 0 bridgehead atoms. The molecule has 0 fully saturated rings. The van der Waals surface area contributed by atoms with Crippen LogP contribution in [-0.4, -0.2) is 47.5 Å². The smallest absolute Gasteiger partial charge is 0.285 e. The van der Waals surface area contributed by atoms with Gasteiger partial charge in [-0.1, -0.05) is 0 Å². The predicted octanol–water partition coefficient (Wildman–Crippen LogP) is -0.144. The van der Waals surface area contributed by atoms with Crippen molar-refractivity contribution in [1.82, 2.24) is 14.8 Å². The van der Waals surface area contributed by atoms with Crippen molar-refractivity contribution in [2.45, 2.75) is 6.54 Å². The summed E-state index contributed by atoms with van der Waals surface area (Å²) >= 11 is 0. The number of likely N-dealkylation sites (N-methyl/N-ethyl adjacent to an activating group) is 2. The van der Waals surface area contributed by atoms with E-state index in [0.29, 0.717) is 13.1 Å². The minimum absolute atomic E-state index is 0. The van der Waals surface area contributed by atoms with E-state index in [4.69, 9.17) is 0 Å². The van der Waals surface area contributed by atoms with E-state index in [2.05, 4.69) is 5.32 Å². The van der Waals surface area contributed by atoms with E-state index < -0.39 is 10.5 Å². The number of rotatable bonds is 6. The second-order valence-corrected chi connectivity index (χ2v) is 4.03. The Balaban J connectivity index is 0.00000361. The molecule has 0 saturated heterocycles. The van der Waals surface area contributed by atoms with E-state index in [-0.39, 0.29) is 30.5 Å². The van der Waals surface area contributed by atoms with Crippen LogP contribution in [0.1, 0.15) is 0 Å². The lowest BCUT2D eigenvalue weighted by molar-refractivity contribution is -0.385. The largest absolute Gasteiger partial charge is 0.343 e. The maximum Gasteiger partial charge on any atom is 0.285 e. The van der Waals surface area contributed by atoms with Gasteiger partial charge in [0.05, 0.1) is 11.1 Å². The summed E-state index contributed by atoms with van der Waals surface area (Å²) in [6.45, 7) is 0.922. The fourth-order valence-electron chi connectivity index (χ4n) is 1.42. The van der Waals surface area contributed by atoms with Gasteiger partial charge in [0.1, 0.15) is 6.54 Å². The van der Waals surface area contributed by atoms with E-state index in [1.165, 1.54) is 4.90 Å². The molecule has 1 amide bonds. The van der Waals surface area contributed by atoms with E-state index in [0.717, 1.165) is 22.9 Å². The molecule has 0 aliphatic rings. The first-order valence-corrected chi connectivity index (χ1v) is 5.69. The molecule has 0 spiro atoms. The highest BCUT2D eigenvalue weighted by Gasteiger charge is 2.13. The Hall–Kier alpha value is -1.93. The molecule has 0 aliphatic carbocycles. The molecule has 0 aliphatic heterocycles. The Morgan fingerprint density at radius 1 is 1.50 bits per heavy atom. The van der Waals surface area contributed by atoms with Crippen LogP contribution in [0, 0.1) is 10.1 Å². The first-order chi connectivity index (χ1) is 8.95. The number of hydrogen-bond donors (Lipinski definition) is 1. The number of amides is 1. The molecule has 9 heteroatoms. The molecule has 1 aromatic heterocycles. The lowest BCUT2D eigenvalue weighted by Crippen LogP contribution is -2.37. The molecule has 1 rings (SSSR count). The second kappa shape index (κ2) is 8.28. The summed E-state index contributed by atoms with van der Waals surface area (Å²) < 4.78 is 1.04. The first kappa shape index (κ1) is 18.1. The zero-order valence-corrected chi connectivity index (χ0v) is 12.1. The highest BCUT2D eigenvalue weighted by atomic mass is 35.5. The lowest BCUT2D eigenvalue weighted by Gasteiger charge is -2.17. The van der Waals surface area contributed by atoms with E-state index >= 15 is 0 Å². The van der Waals surface area contributed by atoms with Gasteiger partial charge in [-0.25, -0.2) is 0 Å². The maximum absolute atomic E-state index is 11.8. The zero-order chi connectivity index (χ0) is 14.4. The fraction of sp³-hybridized carbons (Fsp3) is 0.455. The molecule has 0 aromatic carbocycles. The van der Waals surface area contributed by atoms with Crippen molar-refractivity contribution in [2.24, 2.45) is 0 Å². The Morgan fingerprint density at radius 2 is 2.15 bits per heavy atom. The molecule has 0 radical (unpaired) electrons. The van der Waals surface area contributed by atoms with Gasteiger partial charge in [-0.15, -0.1) is 12.4 Å². The molecule has 112 valence electrons. The number of aromatic nitrogens is 1. The molecule has 1 aromatic rings. The van der Waals surface area contributed by atoms with Crippen molar-refractivity contribution < 1.29 is 9.72 Å². The average molecular weight is 305 g/mol. The van der Waals surface area contributed by atoms with E-state index in [1.807, 2.05) is 0 Å². The topological polar surface area (TPSA) is 97.5 Å². The van der Waals surface area contributed by atoms with Crippen LogP contribution in [0.25, 0.3) is 0 Å². The quantitative estimate of drug-likeness (QED) is 0.582. The summed E-state index contributed by atoms with van der Waals surface area (Å²) in [6, 6.07) is 2.20. The van der Waals surface area contributed by atoms with Gasteiger partial charge in [-0.05, 0) is 7.05 Å². The highest BCUT2D eigenvalue weighted by Crippen LogP contribution is 2.06. The van der Waals surface area contributed by atoms with Gasteiger partial charge < -0.3 is 10.2 Å². The third-order valence-corrected chi connectivity index (χ3v) is 2.61. The van der Waals surface area contributed by atoms with Gasteiger partial charge in [0.2, 0.25) is 5.91 Å². The van der Waals surface area contributed by atoms with Crippen molar-refractivity contribution in [3.63, 3.8) is 0 Å². The summed E-state index contributed by atoms with van der Waals surface area (Å²) in [5.74, 6) is -0.280. The number of halogens is 1. The number of carbonyl (C=O) groups is 1. The van der Waals surface area contributed by atoms with Gasteiger partial charge in [0.15, 0.2) is 0 Å². The molecule has 1 N–H and O–H groups in total. The fourth-order valence-corrected chi connectivity index (χ4v) is 1.42. The number of carbonyl (C=O) groups excluding carboxylic acids is 1.